The number of amides is 1. The average Bonchev–Trinajstić information content (AvgIpc) is 2.67. The van der Waals surface area contributed by atoms with Crippen LogP contribution in [0.4, 0.5) is 0 Å². The Hall–Kier alpha value is -2.58. The Balaban J connectivity index is 1.49. The molecule has 2 nitrogen and oxygen atoms in total. The molecule has 3 aromatic carbocycles. The highest BCUT2D eigenvalue weighted by Gasteiger charge is 2.05. The summed E-state index contributed by atoms with van der Waals surface area (Å²) >= 11 is 5.88. The summed E-state index contributed by atoms with van der Waals surface area (Å²) in [6.07, 6.45) is 1.82. The molecule has 0 unspecified atom stereocenters. The minimum Gasteiger partial charge on any atom is -0.352 e. The molecule has 0 aromatic heterocycles. The van der Waals surface area contributed by atoms with Crippen molar-refractivity contribution in [3.05, 3.63) is 95.0 Å². The van der Waals surface area contributed by atoms with E-state index in [4.69, 9.17) is 11.6 Å². The SMILES string of the molecule is O=C(NCCCc1ccc(Cl)cc1)c1ccc(-c2ccccc2)cc1. The summed E-state index contributed by atoms with van der Waals surface area (Å²) in [6.45, 7) is 0.655. The molecule has 0 heterocycles. The van der Waals surface area contributed by atoms with E-state index in [9.17, 15) is 4.79 Å². The zero-order valence-corrected chi connectivity index (χ0v) is 14.7. The first kappa shape index (κ1) is 17.2. The van der Waals surface area contributed by atoms with Crippen molar-refractivity contribution in [3.8, 4) is 11.1 Å². The molecule has 0 aliphatic carbocycles. The molecular formula is C22H20ClNO. The molecule has 3 heteroatoms. The Kier molecular flexibility index (Phi) is 5.86. The van der Waals surface area contributed by atoms with Crippen LogP contribution in [0, 0.1) is 0 Å². The number of rotatable bonds is 6. The fourth-order valence-electron chi connectivity index (χ4n) is 2.69. The highest BCUT2D eigenvalue weighted by molar-refractivity contribution is 6.30. The van der Waals surface area contributed by atoms with Crippen molar-refractivity contribution in [1.29, 1.82) is 0 Å². The van der Waals surface area contributed by atoms with Crippen LogP contribution in [0.2, 0.25) is 5.02 Å². The molecule has 1 amide bonds. The second kappa shape index (κ2) is 8.50. The highest BCUT2D eigenvalue weighted by atomic mass is 35.5. The molecule has 0 spiro atoms. The van der Waals surface area contributed by atoms with Crippen LogP contribution in [0.3, 0.4) is 0 Å². The van der Waals surface area contributed by atoms with Gasteiger partial charge in [-0.3, -0.25) is 4.79 Å². The number of benzene rings is 3. The number of aryl methyl sites for hydroxylation is 1. The third-order valence-electron chi connectivity index (χ3n) is 4.10. The zero-order chi connectivity index (χ0) is 17.5. The molecule has 1 N–H and O–H groups in total. The summed E-state index contributed by atoms with van der Waals surface area (Å²) in [5, 5.41) is 3.72. The minimum absolute atomic E-state index is 0.0317. The van der Waals surface area contributed by atoms with E-state index < -0.39 is 0 Å². The van der Waals surface area contributed by atoms with Crippen LogP contribution in [-0.4, -0.2) is 12.5 Å². The lowest BCUT2D eigenvalue weighted by molar-refractivity contribution is 0.0953. The van der Waals surface area contributed by atoms with Gasteiger partial charge in [0.25, 0.3) is 5.91 Å². The van der Waals surface area contributed by atoms with Crippen molar-refractivity contribution in [2.75, 3.05) is 6.54 Å². The molecule has 0 saturated carbocycles. The van der Waals surface area contributed by atoms with Gasteiger partial charge in [-0.2, -0.15) is 0 Å². The van der Waals surface area contributed by atoms with Crippen LogP contribution in [0.25, 0.3) is 11.1 Å². The largest absolute Gasteiger partial charge is 0.352 e. The van der Waals surface area contributed by atoms with E-state index in [-0.39, 0.29) is 5.91 Å². The van der Waals surface area contributed by atoms with Gasteiger partial charge in [-0.1, -0.05) is 66.2 Å². The number of halogens is 1. The summed E-state index contributed by atoms with van der Waals surface area (Å²) in [4.78, 5) is 12.2. The Morgan fingerprint density at radius 2 is 1.44 bits per heavy atom. The molecule has 126 valence electrons. The van der Waals surface area contributed by atoms with Gasteiger partial charge in [0.05, 0.1) is 0 Å². The van der Waals surface area contributed by atoms with Crippen molar-refractivity contribution in [1.82, 2.24) is 5.32 Å². The maximum absolute atomic E-state index is 12.2. The number of nitrogens with one attached hydrogen (secondary N) is 1. The summed E-state index contributed by atoms with van der Waals surface area (Å²) < 4.78 is 0. The lowest BCUT2D eigenvalue weighted by Gasteiger charge is -2.07. The first-order valence-corrected chi connectivity index (χ1v) is 8.78. The second-order valence-corrected chi connectivity index (χ2v) is 6.37. The smallest absolute Gasteiger partial charge is 0.251 e. The summed E-state index contributed by atoms with van der Waals surface area (Å²) in [5.41, 5.74) is 4.18. The first-order chi connectivity index (χ1) is 12.2. The van der Waals surface area contributed by atoms with E-state index >= 15 is 0 Å². The molecule has 0 saturated heterocycles. The zero-order valence-electron chi connectivity index (χ0n) is 13.9. The quantitative estimate of drug-likeness (QED) is 0.595. The van der Waals surface area contributed by atoms with Gasteiger partial charge in [0.2, 0.25) is 0 Å². The molecule has 0 fully saturated rings. The van der Waals surface area contributed by atoms with Crippen LogP contribution in [0.5, 0.6) is 0 Å². The van der Waals surface area contributed by atoms with Crippen molar-refractivity contribution >= 4 is 17.5 Å². The number of carbonyl (C=O) groups is 1. The highest BCUT2D eigenvalue weighted by Crippen LogP contribution is 2.19. The summed E-state index contributed by atoms with van der Waals surface area (Å²) in [7, 11) is 0. The summed E-state index contributed by atoms with van der Waals surface area (Å²) in [6, 6.07) is 25.7. The predicted octanol–water partition coefficient (Wildman–Crippen LogP) is 5.37. The molecule has 0 aliphatic heterocycles. The van der Waals surface area contributed by atoms with Gasteiger partial charge in [-0.25, -0.2) is 0 Å². The van der Waals surface area contributed by atoms with Gasteiger partial charge in [0, 0.05) is 17.1 Å². The van der Waals surface area contributed by atoms with E-state index in [0.717, 1.165) is 29.0 Å². The second-order valence-electron chi connectivity index (χ2n) is 5.93. The molecule has 0 atom stereocenters. The Morgan fingerprint density at radius 3 is 2.12 bits per heavy atom. The monoisotopic (exact) mass is 349 g/mol. The first-order valence-electron chi connectivity index (χ1n) is 8.40. The van der Waals surface area contributed by atoms with Gasteiger partial charge < -0.3 is 5.32 Å². The van der Waals surface area contributed by atoms with Crippen molar-refractivity contribution in [2.24, 2.45) is 0 Å². The Morgan fingerprint density at radius 1 is 0.800 bits per heavy atom. The van der Waals surface area contributed by atoms with Crippen LogP contribution < -0.4 is 5.32 Å². The molecule has 0 radical (unpaired) electrons. The van der Waals surface area contributed by atoms with E-state index in [0.29, 0.717) is 12.1 Å². The van der Waals surface area contributed by atoms with Crippen LogP contribution >= 0.6 is 11.6 Å². The van der Waals surface area contributed by atoms with Gasteiger partial charge >= 0.3 is 0 Å². The third-order valence-corrected chi connectivity index (χ3v) is 4.35. The summed E-state index contributed by atoms with van der Waals surface area (Å²) in [5.74, 6) is -0.0317. The molecular weight excluding hydrogens is 330 g/mol. The van der Waals surface area contributed by atoms with Crippen molar-refractivity contribution in [2.45, 2.75) is 12.8 Å². The van der Waals surface area contributed by atoms with E-state index in [1.54, 1.807) is 0 Å². The number of hydrogen-bond donors (Lipinski definition) is 1. The topological polar surface area (TPSA) is 29.1 Å². The molecule has 3 rings (SSSR count). The standard InChI is InChI=1S/C22H20ClNO/c23-21-14-8-17(9-15-21)5-4-16-24-22(25)20-12-10-19(11-13-20)18-6-2-1-3-7-18/h1-3,6-15H,4-5,16H2,(H,24,25). The molecule has 0 bridgehead atoms. The number of hydrogen-bond acceptors (Lipinski definition) is 1. The van der Waals surface area contributed by atoms with Gasteiger partial charge in [-0.05, 0) is 53.8 Å². The Labute approximate surface area is 153 Å². The van der Waals surface area contributed by atoms with E-state index in [1.165, 1.54) is 5.56 Å². The van der Waals surface area contributed by atoms with Crippen molar-refractivity contribution in [3.63, 3.8) is 0 Å². The van der Waals surface area contributed by atoms with Crippen LogP contribution in [-0.2, 0) is 6.42 Å². The van der Waals surface area contributed by atoms with E-state index in [2.05, 4.69) is 17.4 Å². The van der Waals surface area contributed by atoms with Crippen LogP contribution in [0.1, 0.15) is 22.3 Å². The Bertz CT molecular complexity index is 811. The lowest BCUT2D eigenvalue weighted by Crippen LogP contribution is -2.24. The molecule has 3 aromatic rings. The van der Waals surface area contributed by atoms with Gasteiger partial charge in [0.1, 0.15) is 0 Å². The fourth-order valence-corrected chi connectivity index (χ4v) is 2.82. The lowest BCUT2D eigenvalue weighted by atomic mass is 10.0. The number of carbonyl (C=O) groups excluding carboxylic acids is 1. The normalized spacial score (nSPS) is 10.4. The average molecular weight is 350 g/mol. The third kappa shape index (κ3) is 4.94. The maximum atomic E-state index is 12.2. The molecule has 0 aliphatic rings. The van der Waals surface area contributed by atoms with Gasteiger partial charge in [-0.15, -0.1) is 0 Å². The fraction of sp³-hybridized carbons (Fsp3) is 0.136. The molecule has 25 heavy (non-hydrogen) atoms. The minimum atomic E-state index is -0.0317. The van der Waals surface area contributed by atoms with Crippen LogP contribution in [0.15, 0.2) is 78.9 Å². The van der Waals surface area contributed by atoms with E-state index in [1.807, 2.05) is 66.7 Å². The maximum Gasteiger partial charge on any atom is 0.251 e. The van der Waals surface area contributed by atoms with Gasteiger partial charge in [0.15, 0.2) is 0 Å². The van der Waals surface area contributed by atoms with Crippen molar-refractivity contribution < 1.29 is 4.79 Å². The predicted molar refractivity (Wildman–Crippen MR) is 104 cm³/mol.